The molecule has 0 spiro atoms. The molecule has 2 aromatic carbocycles. The van der Waals surface area contributed by atoms with E-state index < -0.39 is 0 Å². The lowest BCUT2D eigenvalue weighted by Gasteiger charge is -2.04. The Balaban J connectivity index is 2.13. The van der Waals surface area contributed by atoms with Crippen LogP contribution in [0.3, 0.4) is 0 Å². The number of aryl methyl sites for hydroxylation is 1. The fourth-order valence-corrected chi connectivity index (χ4v) is 2.09. The van der Waals surface area contributed by atoms with Gasteiger partial charge >= 0.3 is 5.76 Å². The van der Waals surface area contributed by atoms with Gasteiger partial charge in [-0.3, -0.25) is 4.57 Å². The van der Waals surface area contributed by atoms with Crippen LogP contribution in [0, 0.1) is 0 Å². The Kier molecular flexibility index (Phi) is 2.63. The SMILES string of the molecule is COc1ccc(-c2ccc3oc(=O)n(C)c3c2)cc1. The van der Waals surface area contributed by atoms with Crippen LogP contribution in [0.2, 0.25) is 0 Å². The molecule has 0 atom stereocenters. The van der Waals surface area contributed by atoms with E-state index in [0.717, 1.165) is 22.4 Å². The van der Waals surface area contributed by atoms with Crippen LogP contribution in [0.25, 0.3) is 22.2 Å². The van der Waals surface area contributed by atoms with Crippen molar-refractivity contribution < 1.29 is 9.15 Å². The summed E-state index contributed by atoms with van der Waals surface area (Å²) in [7, 11) is 3.34. The molecule has 0 radical (unpaired) electrons. The van der Waals surface area contributed by atoms with Crippen molar-refractivity contribution in [2.45, 2.75) is 0 Å². The molecule has 4 nitrogen and oxygen atoms in total. The molecule has 0 unspecified atom stereocenters. The summed E-state index contributed by atoms with van der Waals surface area (Å²) in [5.41, 5.74) is 3.49. The molecule has 0 N–H and O–H groups in total. The molecular weight excluding hydrogens is 242 g/mol. The maximum Gasteiger partial charge on any atom is 0.419 e. The first-order valence-electron chi connectivity index (χ1n) is 5.93. The molecular formula is C15H13NO3. The molecule has 0 aliphatic rings. The quantitative estimate of drug-likeness (QED) is 0.707. The predicted octanol–water partition coefficient (Wildman–Crippen LogP) is 2.81. The summed E-state index contributed by atoms with van der Waals surface area (Å²) >= 11 is 0. The summed E-state index contributed by atoms with van der Waals surface area (Å²) in [6.45, 7) is 0. The van der Waals surface area contributed by atoms with Gasteiger partial charge in [-0.05, 0) is 35.4 Å². The van der Waals surface area contributed by atoms with Crippen LogP contribution in [-0.4, -0.2) is 11.7 Å². The van der Waals surface area contributed by atoms with E-state index in [9.17, 15) is 4.79 Å². The minimum atomic E-state index is -0.345. The highest BCUT2D eigenvalue weighted by Gasteiger charge is 2.07. The molecule has 4 heteroatoms. The Morgan fingerprint density at radius 2 is 1.74 bits per heavy atom. The van der Waals surface area contributed by atoms with Crippen molar-refractivity contribution in [2.24, 2.45) is 7.05 Å². The van der Waals surface area contributed by atoms with Gasteiger partial charge in [0.2, 0.25) is 0 Å². The van der Waals surface area contributed by atoms with Gasteiger partial charge in [0.25, 0.3) is 0 Å². The highest BCUT2D eigenvalue weighted by atomic mass is 16.5. The van der Waals surface area contributed by atoms with E-state index in [2.05, 4.69) is 0 Å². The number of oxazole rings is 1. The topological polar surface area (TPSA) is 44.4 Å². The highest BCUT2D eigenvalue weighted by molar-refractivity contribution is 5.80. The number of hydrogen-bond acceptors (Lipinski definition) is 3. The van der Waals surface area contributed by atoms with E-state index in [1.807, 2.05) is 42.5 Å². The van der Waals surface area contributed by atoms with Crippen LogP contribution in [-0.2, 0) is 7.05 Å². The van der Waals surface area contributed by atoms with Crippen molar-refractivity contribution in [1.82, 2.24) is 4.57 Å². The summed E-state index contributed by atoms with van der Waals surface area (Å²) in [4.78, 5) is 11.4. The number of benzene rings is 2. The zero-order valence-corrected chi connectivity index (χ0v) is 10.7. The zero-order chi connectivity index (χ0) is 13.4. The maximum atomic E-state index is 11.4. The first-order chi connectivity index (χ1) is 9.19. The van der Waals surface area contributed by atoms with Gasteiger partial charge in [-0.25, -0.2) is 4.79 Å². The fourth-order valence-electron chi connectivity index (χ4n) is 2.09. The number of methoxy groups -OCH3 is 1. The second kappa shape index (κ2) is 4.31. The van der Waals surface area contributed by atoms with Crippen molar-refractivity contribution in [2.75, 3.05) is 7.11 Å². The van der Waals surface area contributed by atoms with Gasteiger partial charge in [-0.2, -0.15) is 0 Å². The summed E-state index contributed by atoms with van der Waals surface area (Å²) in [5, 5.41) is 0. The van der Waals surface area contributed by atoms with E-state index in [-0.39, 0.29) is 5.76 Å². The molecule has 0 aliphatic carbocycles. The van der Waals surface area contributed by atoms with E-state index in [1.54, 1.807) is 14.2 Å². The Labute approximate surface area is 109 Å². The lowest BCUT2D eigenvalue weighted by molar-refractivity contribution is 0.415. The summed E-state index contributed by atoms with van der Waals surface area (Å²) in [6.07, 6.45) is 0. The largest absolute Gasteiger partial charge is 0.497 e. The molecule has 3 aromatic rings. The van der Waals surface area contributed by atoms with E-state index in [4.69, 9.17) is 9.15 Å². The van der Waals surface area contributed by atoms with Crippen LogP contribution in [0.15, 0.2) is 51.7 Å². The molecule has 3 rings (SSSR count). The lowest BCUT2D eigenvalue weighted by atomic mass is 10.1. The predicted molar refractivity (Wildman–Crippen MR) is 73.4 cm³/mol. The van der Waals surface area contributed by atoms with Gasteiger partial charge in [-0.15, -0.1) is 0 Å². The van der Waals surface area contributed by atoms with E-state index in [0.29, 0.717) is 5.58 Å². The van der Waals surface area contributed by atoms with Gasteiger partial charge < -0.3 is 9.15 Å². The molecule has 0 amide bonds. The molecule has 0 saturated carbocycles. The Morgan fingerprint density at radius 1 is 1.05 bits per heavy atom. The molecule has 1 aromatic heterocycles. The van der Waals surface area contributed by atoms with E-state index >= 15 is 0 Å². The van der Waals surface area contributed by atoms with Gasteiger partial charge in [0.1, 0.15) is 5.75 Å². The monoisotopic (exact) mass is 255 g/mol. The smallest absolute Gasteiger partial charge is 0.419 e. The summed E-state index contributed by atoms with van der Waals surface area (Å²) in [6, 6.07) is 13.5. The third kappa shape index (κ3) is 1.91. The minimum absolute atomic E-state index is 0.345. The normalized spacial score (nSPS) is 10.8. The molecule has 0 aliphatic heterocycles. The zero-order valence-electron chi connectivity index (χ0n) is 10.7. The molecule has 96 valence electrons. The molecule has 19 heavy (non-hydrogen) atoms. The van der Waals surface area contributed by atoms with Crippen molar-refractivity contribution in [3.05, 3.63) is 53.0 Å². The van der Waals surface area contributed by atoms with Crippen molar-refractivity contribution in [3.8, 4) is 16.9 Å². The van der Waals surface area contributed by atoms with Crippen LogP contribution in [0.5, 0.6) is 5.75 Å². The average Bonchev–Trinajstić information content (AvgIpc) is 2.74. The van der Waals surface area contributed by atoms with Gasteiger partial charge in [0.15, 0.2) is 5.58 Å². The standard InChI is InChI=1S/C15H13NO3/c1-16-13-9-11(5-8-14(13)19-15(16)17)10-3-6-12(18-2)7-4-10/h3-9H,1-2H3. The first kappa shape index (κ1) is 11.6. The number of hydrogen-bond donors (Lipinski definition) is 0. The maximum absolute atomic E-state index is 11.4. The Hall–Kier alpha value is -2.49. The van der Waals surface area contributed by atoms with Crippen LogP contribution in [0.4, 0.5) is 0 Å². The number of aromatic nitrogens is 1. The summed E-state index contributed by atoms with van der Waals surface area (Å²) < 4.78 is 11.8. The Morgan fingerprint density at radius 3 is 2.42 bits per heavy atom. The molecule has 0 fully saturated rings. The summed E-state index contributed by atoms with van der Waals surface area (Å²) in [5.74, 6) is 0.474. The minimum Gasteiger partial charge on any atom is -0.497 e. The van der Waals surface area contributed by atoms with Crippen molar-refractivity contribution in [1.29, 1.82) is 0 Å². The molecule has 0 bridgehead atoms. The second-order valence-corrected chi connectivity index (χ2v) is 4.34. The van der Waals surface area contributed by atoms with Gasteiger partial charge in [-0.1, -0.05) is 18.2 Å². The second-order valence-electron chi connectivity index (χ2n) is 4.34. The van der Waals surface area contributed by atoms with Crippen LogP contribution in [0.1, 0.15) is 0 Å². The van der Waals surface area contributed by atoms with Crippen molar-refractivity contribution >= 4 is 11.1 Å². The lowest BCUT2D eigenvalue weighted by Crippen LogP contribution is -2.08. The Bertz CT molecular complexity index is 781. The third-order valence-electron chi connectivity index (χ3n) is 3.21. The van der Waals surface area contributed by atoms with Gasteiger partial charge in [0, 0.05) is 7.05 Å². The number of nitrogens with zero attached hydrogens (tertiary/aromatic N) is 1. The fraction of sp³-hybridized carbons (Fsp3) is 0.133. The first-order valence-corrected chi connectivity index (χ1v) is 5.93. The average molecular weight is 255 g/mol. The number of fused-ring (bicyclic) bond motifs is 1. The van der Waals surface area contributed by atoms with E-state index in [1.165, 1.54) is 4.57 Å². The van der Waals surface area contributed by atoms with Crippen LogP contribution < -0.4 is 10.5 Å². The van der Waals surface area contributed by atoms with Crippen molar-refractivity contribution in [3.63, 3.8) is 0 Å². The van der Waals surface area contributed by atoms with Gasteiger partial charge in [0.05, 0.1) is 12.6 Å². The number of ether oxygens (including phenoxy) is 1. The van der Waals surface area contributed by atoms with Crippen LogP contribution >= 0.6 is 0 Å². The highest BCUT2D eigenvalue weighted by Crippen LogP contribution is 2.25. The molecule has 1 heterocycles. The molecule has 0 saturated heterocycles. The number of rotatable bonds is 2. The third-order valence-corrected chi connectivity index (χ3v) is 3.21.